The van der Waals surface area contributed by atoms with Crippen molar-refractivity contribution >= 4 is 15.9 Å². The molecule has 2 heterocycles. The van der Waals surface area contributed by atoms with Gasteiger partial charge in [0.05, 0.1) is 6.10 Å². The number of rotatable bonds is 2. The van der Waals surface area contributed by atoms with Crippen LogP contribution in [0, 0.1) is 0 Å². The Morgan fingerprint density at radius 1 is 1.28 bits per heavy atom. The highest BCUT2D eigenvalue weighted by atomic mass is 79.9. The summed E-state index contributed by atoms with van der Waals surface area (Å²) in [7, 11) is 0. The summed E-state index contributed by atoms with van der Waals surface area (Å²) in [5, 5.41) is 9.54. The molecular formula is C13H16BrNO3. The average molecular weight is 314 g/mol. The van der Waals surface area contributed by atoms with Gasteiger partial charge in [-0.1, -0.05) is 15.9 Å². The van der Waals surface area contributed by atoms with E-state index in [0.29, 0.717) is 13.2 Å². The minimum atomic E-state index is -0.180. The number of halogens is 1. The number of nitrogens with zero attached hydrogens (tertiary/aromatic N) is 1. The first kappa shape index (κ1) is 12.3. The lowest BCUT2D eigenvalue weighted by Gasteiger charge is -2.22. The van der Waals surface area contributed by atoms with Crippen molar-refractivity contribution in [1.82, 2.24) is 4.90 Å². The van der Waals surface area contributed by atoms with Crippen molar-refractivity contribution in [1.29, 1.82) is 0 Å². The van der Waals surface area contributed by atoms with Gasteiger partial charge in [-0.25, -0.2) is 0 Å². The summed E-state index contributed by atoms with van der Waals surface area (Å²) in [6.07, 6.45) is 0.684. The van der Waals surface area contributed by atoms with E-state index < -0.39 is 0 Å². The molecular weight excluding hydrogens is 298 g/mol. The van der Waals surface area contributed by atoms with Gasteiger partial charge >= 0.3 is 0 Å². The lowest BCUT2D eigenvalue weighted by Crippen LogP contribution is -2.22. The van der Waals surface area contributed by atoms with Crippen molar-refractivity contribution in [3.8, 4) is 11.5 Å². The molecule has 2 aliphatic heterocycles. The molecule has 0 aliphatic carbocycles. The Morgan fingerprint density at radius 3 is 2.67 bits per heavy atom. The molecule has 0 spiro atoms. The van der Waals surface area contributed by atoms with Crippen LogP contribution in [0.5, 0.6) is 11.5 Å². The molecule has 1 aromatic carbocycles. The number of ether oxygens (including phenoxy) is 2. The van der Waals surface area contributed by atoms with Gasteiger partial charge in [0.25, 0.3) is 0 Å². The Hall–Kier alpha value is -0.780. The first-order valence-corrected chi connectivity index (χ1v) is 7.00. The molecule has 0 saturated carbocycles. The highest BCUT2D eigenvalue weighted by Crippen LogP contribution is 2.36. The van der Waals surface area contributed by atoms with Gasteiger partial charge in [-0.3, -0.25) is 4.90 Å². The van der Waals surface area contributed by atoms with Crippen molar-refractivity contribution in [2.75, 3.05) is 26.3 Å². The summed E-state index contributed by atoms with van der Waals surface area (Å²) >= 11 is 3.57. The van der Waals surface area contributed by atoms with Crippen LogP contribution < -0.4 is 9.47 Å². The minimum Gasteiger partial charge on any atom is -0.486 e. The Morgan fingerprint density at radius 2 is 2.00 bits per heavy atom. The van der Waals surface area contributed by atoms with E-state index in [4.69, 9.17) is 9.47 Å². The third-order valence-corrected chi connectivity index (χ3v) is 4.09. The summed E-state index contributed by atoms with van der Waals surface area (Å²) in [4.78, 5) is 2.25. The lowest BCUT2D eigenvalue weighted by molar-refractivity contribution is 0.169. The number of likely N-dealkylation sites (tertiary alicyclic amines) is 1. The molecule has 0 aromatic heterocycles. The highest BCUT2D eigenvalue weighted by molar-refractivity contribution is 9.10. The van der Waals surface area contributed by atoms with Gasteiger partial charge in [-0.2, -0.15) is 0 Å². The molecule has 1 saturated heterocycles. The number of hydrogen-bond acceptors (Lipinski definition) is 4. The molecule has 1 N–H and O–H groups in total. The fraction of sp³-hybridized carbons (Fsp3) is 0.538. The largest absolute Gasteiger partial charge is 0.486 e. The average Bonchev–Trinajstić information content (AvgIpc) is 2.76. The van der Waals surface area contributed by atoms with Crippen molar-refractivity contribution in [2.24, 2.45) is 0 Å². The SMILES string of the molecule is O[C@@H]1CCN(Cc2cc3c(cc2Br)OCCO3)C1. The molecule has 98 valence electrons. The van der Waals surface area contributed by atoms with E-state index in [-0.39, 0.29) is 6.10 Å². The maximum atomic E-state index is 9.54. The number of aliphatic hydroxyl groups excluding tert-OH is 1. The molecule has 0 bridgehead atoms. The molecule has 5 heteroatoms. The number of β-amino-alcohol motifs (C(OH)–C–C–N with tert-alkyl or cyclic N) is 1. The normalized spacial score (nSPS) is 23.3. The zero-order valence-electron chi connectivity index (χ0n) is 10.1. The first-order valence-electron chi connectivity index (χ1n) is 6.21. The molecule has 1 fully saturated rings. The second-order valence-corrected chi connectivity index (χ2v) is 5.62. The summed E-state index contributed by atoms with van der Waals surface area (Å²) in [6, 6.07) is 4.00. The number of benzene rings is 1. The van der Waals surface area contributed by atoms with Gasteiger partial charge in [0.2, 0.25) is 0 Å². The van der Waals surface area contributed by atoms with E-state index >= 15 is 0 Å². The summed E-state index contributed by atoms with van der Waals surface area (Å²) < 4.78 is 12.2. The third-order valence-electron chi connectivity index (χ3n) is 3.35. The van der Waals surface area contributed by atoms with Crippen LogP contribution in [-0.4, -0.2) is 42.4 Å². The third kappa shape index (κ3) is 2.48. The van der Waals surface area contributed by atoms with Crippen LogP contribution >= 0.6 is 15.9 Å². The topological polar surface area (TPSA) is 41.9 Å². The maximum Gasteiger partial charge on any atom is 0.162 e. The maximum absolute atomic E-state index is 9.54. The Labute approximate surface area is 115 Å². The van der Waals surface area contributed by atoms with E-state index in [9.17, 15) is 5.11 Å². The van der Waals surface area contributed by atoms with E-state index in [0.717, 1.165) is 42.0 Å². The van der Waals surface area contributed by atoms with Crippen LogP contribution in [0.1, 0.15) is 12.0 Å². The first-order chi connectivity index (χ1) is 8.72. The second kappa shape index (κ2) is 5.07. The zero-order chi connectivity index (χ0) is 12.5. The molecule has 18 heavy (non-hydrogen) atoms. The van der Waals surface area contributed by atoms with E-state index in [1.54, 1.807) is 0 Å². The van der Waals surface area contributed by atoms with Crippen molar-refractivity contribution in [2.45, 2.75) is 19.1 Å². The predicted molar refractivity (Wildman–Crippen MR) is 71.0 cm³/mol. The van der Waals surface area contributed by atoms with Crippen molar-refractivity contribution in [3.05, 3.63) is 22.2 Å². The summed E-state index contributed by atoms with van der Waals surface area (Å²) in [5.74, 6) is 1.62. The second-order valence-electron chi connectivity index (χ2n) is 4.76. The summed E-state index contributed by atoms with van der Waals surface area (Å²) in [5.41, 5.74) is 1.17. The van der Waals surface area contributed by atoms with E-state index in [1.165, 1.54) is 5.56 Å². The van der Waals surface area contributed by atoms with Crippen LogP contribution in [0.4, 0.5) is 0 Å². The molecule has 2 aliphatic rings. The predicted octanol–water partition coefficient (Wildman–Crippen LogP) is 1.79. The lowest BCUT2D eigenvalue weighted by atomic mass is 10.2. The molecule has 4 nitrogen and oxygen atoms in total. The Balaban J connectivity index is 1.79. The van der Waals surface area contributed by atoms with Crippen molar-refractivity contribution < 1.29 is 14.6 Å². The smallest absolute Gasteiger partial charge is 0.162 e. The van der Waals surface area contributed by atoms with Gasteiger partial charge in [0.15, 0.2) is 11.5 Å². The number of fused-ring (bicyclic) bond motifs is 1. The van der Waals surface area contributed by atoms with Crippen LogP contribution in [-0.2, 0) is 6.54 Å². The molecule has 0 radical (unpaired) electrons. The molecule has 0 unspecified atom stereocenters. The van der Waals surface area contributed by atoms with E-state index in [2.05, 4.69) is 20.8 Å². The van der Waals surface area contributed by atoms with Gasteiger partial charge in [0, 0.05) is 24.1 Å². The molecule has 1 aromatic rings. The van der Waals surface area contributed by atoms with Gasteiger partial charge in [-0.05, 0) is 24.1 Å². The van der Waals surface area contributed by atoms with Crippen molar-refractivity contribution in [3.63, 3.8) is 0 Å². The molecule has 0 amide bonds. The van der Waals surface area contributed by atoms with Crippen LogP contribution in [0.3, 0.4) is 0 Å². The zero-order valence-corrected chi connectivity index (χ0v) is 11.6. The Bertz CT molecular complexity index is 452. The van der Waals surface area contributed by atoms with Gasteiger partial charge in [-0.15, -0.1) is 0 Å². The molecule has 1 atom stereocenters. The van der Waals surface area contributed by atoms with Crippen LogP contribution in [0.2, 0.25) is 0 Å². The van der Waals surface area contributed by atoms with Gasteiger partial charge < -0.3 is 14.6 Å². The monoisotopic (exact) mass is 313 g/mol. The number of hydrogen-bond donors (Lipinski definition) is 1. The Kier molecular flexibility index (Phi) is 3.46. The van der Waals surface area contributed by atoms with Gasteiger partial charge in [0.1, 0.15) is 13.2 Å². The minimum absolute atomic E-state index is 0.180. The molecule has 3 rings (SSSR count). The quantitative estimate of drug-likeness (QED) is 0.904. The van der Waals surface area contributed by atoms with E-state index in [1.807, 2.05) is 12.1 Å². The highest BCUT2D eigenvalue weighted by Gasteiger charge is 2.22. The number of aliphatic hydroxyl groups is 1. The summed E-state index contributed by atoms with van der Waals surface area (Å²) in [6.45, 7) is 3.74. The standard InChI is InChI=1S/C13H16BrNO3/c14-11-6-13-12(17-3-4-18-13)5-9(11)7-15-2-1-10(16)8-15/h5-6,10,16H,1-4,7-8H2/t10-/m1/s1. The fourth-order valence-electron chi connectivity index (χ4n) is 2.42. The fourth-order valence-corrected chi connectivity index (χ4v) is 2.87. The van der Waals surface area contributed by atoms with Crippen LogP contribution in [0.15, 0.2) is 16.6 Å². The van der Waals surface area contributed by atoms with Crippen LogP contribution in [0.25, 0.3) is 0 Å².